The SMILES string of the molecule is CSCCN(C)CC(Br)C(F)(F)F. The van der Waals surface area contributed by atoms with E-state index in [-0.39, 0.29) is 6.54 Å². The summed E-state index contributed by atoms with van der Waals surface area (Å²) in [5.74, 6) is 0.855. The zero-order valence-electron chi connectivity index (χ0n) is 7.57. The van der Waals surface area contributed by atoms with Crippen LogP contribution in [-0.2, 0) is 0 Å². The lowest BCUT2D eigenvalue weighted by Crippen LogP contribution is -2.36. The fraction of sp³-hybridized carbons (Fsp3) is 1.00. The minimum atomic E-state index is -4.15. The number of nitrogens with zero attached hydrogens (tertiary/aromatic N) is 1. The van der Waals surface area contributed by atoms with Crippen molar-refractivity contribution >= 4 is 27.7 Å². The average Bonchev–Trinajstić information content (AvgIpc) is 1.99. The van der Waals surface area contributed by atoms with Crippen molar-refractivity contribution in [3.05, 3.63) is 0 Å². The molecule has 0 rings (SSSR count). The third kappa shape index (κ3) is 6.62. The average molecular weight is 280 g/mol. The first kappa shape index (κ1) is 13.6. The summed E-state index contributed by atoms with van der Waals surface area (Å²) in [5.41, 5.74) is 0. The Balaban J connectivity index is 3.71. The van der Waals surface area contributed by atoms with Crippen LogP contribution in [0, 0.1) is 0 Å². The molecule has 0 spiro atoms. The standard InChI is InChI=1S/C7H13BrF3NS/c1-12(3-4-13-2)5-6(8)7(9,10)11/h6H,3-5H2,1-2H3. The minimum absolute atomic E-state index is 0.00403. The lowest BCUT2D eigenvalue weighted by molar-refractivity contribution is -0.129. The molecule has 0 aliphatic heterocycles. The highest BCUT2D eigenvalue weighted by atomic mass is 79.9. The molecule has 0 aromatic rings. The van der Waals surface area contributed by atoms with E-state index in [2.05, 4.69) is 15.9 Å². The lowest BCUT2D eigenvalue weighted by atomic mass is 10.4. The van der Waals surface area contributed by atoms with Gasteiger partial charge in [-0.2, -0.15) is 24.9 Å². The first-order chi connectivity index (χ1) is 5.88. The Labute approximate surface area is 89.2 Å². The van der Waals surface area contributed by atoms with E-state index in [0.29, 0.717) is 6.54 Å². The van der Waals surface area contributed by atoms with Crippen molar-refractivity contribution in [1.82, 2.24) is 4.90 Å². The third-order valence-electron chi connectivity index (χ3n) is 1.50. The van der Waals surface area contributed by atoms with Crippen molar-refractivity contribution in [2.75, 3.05) is 32.1 Å². The fourth-order valence-electron chi connectivity index (χ4n) is 0.716. The van der Waals surface area contributed by atoms with Crippen LogP contribution in [0.25, 0.3) is 0 Å². The van der Waals surface area contributed by atoms with Crippen LogP contribution in [0.2, 0.25) is 0 Å². The van der Waals surface area contributed by atoms with Crippen LogP contribution in [-0.4, -0.2) is 48.0 Å². The molecule has 1 atom stereocenters. The first-order valence-electron chi connectivity index (χ1n) is 3.76. The van der Waals surface area contributed by atoms with E-state index in [1.165, 1.54) is 0 Å². The molecule has 0 saturated carbocycles. The molecule has 80 valence electrons. The summed E-state index contributed by atoms with van der Waals surface area (Å²) < 4.78 is 36.2. The quantitative estimate of drug-likeness (QED) is 0.712. The predicted octanol–water partition coefficient (Wildman–Crippen LogP) is 2.61. The normalized spacial score (nSPS) is 15.0. The Morgan fingerprint density at radius 3 is 2.38 bits per heavy atom. The van der Waals surface area contributed by atoms with Gasteiger partial charge in [-0.25, -0.2) is 0 Å². The highest BCUT2D eigenvalue weighted by Crippen LogP contribution is 2.26. The van der Waals surface area contributed by atoms with E-state index in [9.17, 15) is 13.2 Å². The van der Waals surface area contributed by atoms with Crippen LogP contribution in [0.1, 0.15) is 0 Å². The number of alkyl halides is 4. The van der Waals surface area contributed by atoms with Crippen molar-refractivity contribution in [2.45, 2.75) is 11.0 Å². The second-order valence-corrected chi connectivity index (χ2v) is 4.86. The molecule has 0 aromatic heterocycles. The van der Waals surface area contributed by atoms with Gasteiger partial charge in [-0.1, -0.05) is 15.9 Å². The molecular formula is C7H13BrF3NS. The van der Waals surface area contributed by atoms with Gasteiger partial charge in [0, 0.05) is 18.8 Å². The lowest BCUT2D eigenvalue weighted by Gasteiger charge is -2.21. The van der Waals surface area contributed by atoms with Crippen molar-refractivity contribution in [2.24, 2.45) is 0 Å². The van der Waals surface area contributed by atoms with Gasteiger partial charge in [0.05, 0.1) is 0 Å². The van der Waals surface area contributed by atoms with Crippen molar-refractivity contribution in [1.29, 1.82) is 0 Å². The molecule has 0 saturated heterocycles. The molecule has 0 aliphatic carbocycles. The van der Waals surface area contributed by atoms with Gasteiger partial charge in [0.25, 0.3) is 0 Å². The summed E-state index contributed by atoms with van der Waals surface area (Å²) in [7, 11) is 1.69. The van der Waals surface area contributed by atoms with Crippen molar-refractivity contribution in [3.63, 3.8) is 0 Å². The van der Waals surface area contributed by atoms with Gasteiger partial charge in [0.15, 0.2) is 0 Å². The number of rotatable bonds is 5. The Morgan fingerprint density at radius 2 is 2.00 bits per heavy atom. The van der Waals surface area contributed by atoms with Gasteiger partial charge in [-0.3, -0.25) is 0 Å². The smallest absolute Gasteiger partial charge is 0.304 e. The van der Waals surface area contributed by atoms with Crippen LogP contribution >= 0.6 is 27.7 Å². The maximum atomic E-state index is 12.1. The van der Waals surface area contributed by atoms with E-state index >= 15 is 0 Å². The summed E-state index contributed by atoms with van der Waals surface area (Å²) in [6, 6.07) is 0. The largest absolute Gasteiger partial charge is 0.402 e. The van der Waals surface area contributed by atoms with Gasteiger partial charge in [-0.15, -0.1) is 0 Å². The summed E-state index contributed by atoms with van der Waals surface area (Å²) in [5, 5.41) is 0. The van der Waals surface area contributed by atoms with Crippen LogP contribution in [0.4, 0.5) is 13.2 Å². The first-order valence-corrected chi connectivity index (χ1v) is 6.07. The molecule has 0 aromatic carbocycles. The predicted molar refractivity (Wildman–Crippen MR) is 54.6 cm³/mol. The molecule has 0 bridgehead atoms. The molecular weight excluding hydrogens is 267 g/mol. The van der Waals surface area contributed by atoms with Gasteiger partial charge in [-0.05, 0) is 13.3 Å². The van der Waals surface area contributed by atoms with E-state index < -0.39 is 11.0 Å². The zero-order valence-corrected chi connectivity index (χ0v) is 9.97. The monoisotopic (exact) mass is 279 g/mol. The molecule has 0 radical (unpaired) electrons. The van der Waals surface area contributed by atoms with Crippen molar-refractivity contribution in [3.8, 4) is 0 Å². The van der Waals surface area contributed by atoms with E-state index in [1.54, 1.807) is 23.7 Å². The highest BCUT2D eigenvalue weighted by molar-refractivity contribution is 9.09. The molecule has 0 N–H and O–H groups in total. The van der Waals surface area contributed by atoms with Crippen LogP contribution in [0.5, 0.6) is 0 Å². The Hall–Kier alpha value is 0.580. The number of thioether (sulfide) groups is 1. The van der Waals surface area contributed by atoms with E-state index in [0.717, 1.165) is 5.75 Å². The van der Waals surface area contributed by atoms with Crippen LogP contribution in [0.3, 0.4) is 0 Å². The molecule has 1 unspecified atom stereocenters. The molecule has 0 aliphatic rings. The Kier molecular flexibility index (Phi) is 6.41. The molecule has 0 heterocycles. The minimum Gasteiger partial charge on any atom is -0.304 e. The third-order valence-corrected chi connectivity index (χ3v) is 2.90. The summed E-state index contributed by atoms with van der Waals surface area (Å²) in [6.07, 6.45) is -2.21. The number of hydrogen-bond acceptors (Lipinski definition) is 2. The molecule has 13 heavy (non-hydrogen) atoms. The number of hydrogen-bond donors (Lipinski definition) is 0. The second kappa shape index (κ2) is 6.14. The zero-order chi connectivity index (χ0) is 10.5. The molecule has 0 amide bonds. The summed E-state index contributed by atoms with van der Waals surface area (Å²) in [4.78, 5) is 0.246. The Morgan fingerprint density at radius 1 is 1.46 bits per heavy atom. The van der Waals surface area contributed by atoms with Crippen molar-refractivity contribution < 1.29 is 13.2 Å². The van der Waals surface area contributed by atoms with Gasteiger partial charge in [0.2, 0.25) is 0 Å². The maximum Gasteiger partial charge on any atom is 0.402 e. The second-order valence-electron chi connectivity index (χ2n) is 2.76. The van der Waals surface area contributed by atoms with Gasteiger partial charge < -0.3 is 4.90 Å². The topological polar surface area (TPSA) is 3.24 Å². The molecule has 6 heteroatoms. The highest BCUT2D eigenvalue weighted by Gasteiger charge is 2.37. The van der Waals surface area contributed by atoms with Crippen LogP contribution in [0.15, 0.2) is 0 Å². The summed E-state index contributed by atoms with van der Waals surface area (Å²) in [6.45, 7) is 0.684. The fourth-order valence-corrected chi connectivity index (χ4v) is 1.70. The van der Waals surface area contributed by atoms with E-state index in [4.69, 9.17) is 0 Å². The number of halogens is 4. The van der Waals surface area contributed by atoms with Gasteiger partial charge >= 0.3 is 6.18 Å². The molecule has 0 fully saturated rings. The summed E-state index contributed by atoms with van der Waals surface area (Å²) >= 11 is 4.24. The van der Waals surface area contributed by atoms with E-state index in [1.807, 2.05) is 6.26 Å². The maximum absolute atomic E-state index is 12.1. The van der Waals surface area contributed by atoms with Crippen LogP contribution < -0.4 is 0 Å². The molecule has 1 nitrogen and oxygen atoms in total. The van der Waals surface area contributed by atoms with Gasteiger partial charge in [0.1, 0.15) is 4.83 Å². The Bertz CT molecular complexity index is 142.